The van der Waals surface area contributed by atoms with Crippen LogP contribution in [0.15, 0.2) is 24.3 Å². The number of carbonyl (C=O) groups excluding carboxylic acids is 2. The number of hydrogen-bond donors (Lipinski definition) is 2. The molecular weight excluding hydrogens is 280 g/mol. The first-order chi connectivity index (χ1) is 10.6. The highest BCUT2D eigenvalue weighted by atomic mass is 16.1. The number of hydrogen-bond acceptors (Lipinski definition) is 4. The van der Waals surface area contributed by atoms with Crippen LogP contribution in [0.1, 0.15) is 35.3 Å². The minimum Gasteiger partial charge on any atom is -0.399 e. The lowest BCUT2D eigenvalue weighted by atomic mass is 9.92. The van der Waals surface area contributed by atoms with Gasteiger partial charge < -0.3 is 11.5 Å². The number of carbonyl (C=O) groups is 2. The molecule has 0 bridgehead atoms. The summed E-state index contributed by atoms with van der Waals surface area (Å²) in [5, 5.41) is 4.56. The molecule has 22 heavy (non-hydrogen) atoms. The van der Waals surface area contributed by atoms with Gasteiger partial charge in [0.1, 0.15) is 5.69 Å². The lowest BCUT2D eigenvalue weighted by Crippen LogP contribution is -2.18. The Hall–Kier alpha value is -2.63. The van der Waals surface area contributed by atoms with Crippen molar-refractivity contribution in [3.05, 3.63) is 35.5 Å². The van der Waals surface area contributed by atoms with Crippen LogP contribution in [0.3, 0.4) is 0 Å². The summed E-state index contributed by atoms with van der Waals surface area (Å²) in [6, 6.07) is 7.30. The topological polar surface area (TPSA) is 104 Å². The number of ketones is 1. The molecule has 6 heteroatoms. The molecule has 2 aromatic rings. The summed E-state index contributed by atoms with van der Waals surface area (Å²) >= 11 is 0. The predicted octanol–water partition coefficient (Wildman–Crippen LogP) is 1.53. The number of nitrogens with two attached hydrogens (primary N) is 2. The van der Waals surface area contributed by atoms with Crippen LogP contribution in [0.4, 0.5) is 5.69 Å². The molecule has 3 rings (SSSR count). The smallest absolute Gasteiger partial charge is 0.219 e. The first-order valence-electron chi connectivity index (χ1n) is 7.33. The highest BCUT2D eigenvalue weighted by Crippen LogP contribution is 2.31. The van der Waals surface area contributed by atoms with E-state index >= 15 is 0 Å². The van der Waals surface area contributed by atoms with Crippen molar-refractivity contribution in [1.82, 2.24) is 9.78 Å². The molecule has 114 valence electrons. The van der Waals surface area contributed by atoms with Gasteiger partial charge in [-0.1, -0.05) is 12.1 Å². The van der Waals surface area contributed by atoms with E-state index in [0.717, 1.165) is 24.1 Å². The zero-order chi connectivity index (χ0) is 15.7. The van der Waals surface area contributed by atoms with Gasteiger partial charge in [-0.3, -0.25) is 14.3 Å². The molecule has 0 fully saturated rings. The number of Topliss-reactive ketones (excluding diaryl/α,β-unsaturated/α-hetero) is 1. The molecule has 0 saturated heterocycles. The Kier molecular flexibility index (Phi) is 3.66. The lowest BCUT2D eigenvalue weighted by Gasteiger charge is -2.13. The molecule has 1 aliphatic rings. The summed E-state index contributed by atoms with van der Waals surface area (Å²) in [7, 11) is 0. The summed E-state index contributed by atoms with van der Waals surface area (Å²) in [5.41, 5.74) is 14.7. The van der Waals surface area contributed by atoms with Crippen molar-refractivity contribution < 1.29 is 9.59 Å². The highest BCUT2D eigenvalue weighted by molar-refractivity contribution is 6.03. The number of primary amides is 1. The maximum atomic E-state index is 12.3. The zero-order valence-electron chi connectivity index (χ0n) is 12.2. The van der Waals surface area contributed by atoms with Gasteiger partial charge in [0.25, 0.3) is 0 Å². The Morgan fingerprint density at radius 3 is 2.64 bits per heavy atom. The van der Waals surface area contributed by atoms with E-state index in [1.165, 1.54) is 0 Å². The summed E-state index contributed by atoms with van der Waals surface area (Å²) in [4.78, 5) is 23.3. The summed E-state index contributed by atoms with van der Waals surface area (Å²) in [6.45, 7) is 0.403. The fraction of sp³-hybridized carbons (Fsp3) is 0.312. The molecule has 0 unspecified atom stereocenters. The van der Waals surface area contributed by atoms with Crippen LogP contribution >= 0.6 is 0 Å². The first-order valence-corrected chi connectivity index (χ1v) is 7.33. The first kappa shape index (κ1) is 14.3. The molecule has 0 spiro atoms. The Morgan fingerprint density at radius 1 is 1.23 bits per heavy atom. The molecule has 1 heterocycles. The molecule has 1 amide bonds. The Balaban J connectivity index is 2.07. The molecule has 1 aromatic heterocycles. The largest absolute Gasteiger partial charge is 0.399 e. The highest BCUT2D eigenvalue weighted by Gasteiger charge is 2.27. The van der Waals surface area contributed by atoms with Gasteiger partial charge in [0, 0.05) is 29.8 Å². The van der Waals surface area contributed by atoms with Gasteiger partial charge >= 0.3 is 0 Å². The SMILES string of the molecule is NC(=O)CCn1nc(-c2ccc(N)cc2)c2c1CCCC2=O. The molecular formula is C16H18N4O2. The molecule has 0 saturated carbocycles. The fourth-order valence-electron chi connectivity index (χ4n) is 2.83. The minimum atomic E-state index is -0.375. The number of rotatable bonds is 4. The third kappa shape index (κ3) is 2.59. The number of anilines is 1. The summed E-state index contributed by atoms with van der Waals surface area (Å²) < 4.78 is 1.75. The number of nitrogen functional groups attached to an aromatic ring is 1. The average molecular weight is 298 g/mol. The van der Waals surface area contributed by atoms with Gasteiger partial charge in [-0.15, -0.1) is 0 Å². The number of amides is 1. The molecule has 0 radical (unpaired) electrons. The van der Waals surface area contributed by atoms with Crippen molar-refractivity contribution in [2.24, 2.45) is 5.73 Å². The van der Waals surface area contributed by atoms with E-state index in [9.17, 15) is 9.59 Å². The number of benzene rings is 1. The number of aromatic nitrogens is 2. The van der Waals surface area contributed by atoms with Crippen LogP contribution in [-0.2, 0) is 17.8 Å². The maximum Gasteiger partial charge on any atom is 0.219 e. The Bertz CT molecular complexity index is 731. The standard InChI is InChI=1S/C16H18N4O2/c17-11-6-4-10(5-7-11)16-15-12(2-1-3-13(15)21)20(19-16)9-8-14(18)22/h4-7H,1-3,8-9,17H2,(H2,18,22). The second-order valence-electron chi connectivity index (χ2n) is 5.51. The van der Waals surface area contributed by atoms with Crippen molar-refractivity contribution in [1.29, 1.82) is 0 Å². The number of aryl methyl sites for hydroxylation is 1. The van der Waals surface area contributed by atoms with Gasteiger partial charge in [-0.2, -0.15) is 5.10 Å². The fourth-order valence-corrected chi connectivity index (χ4v) is 2.83. The van der Waals surface area contributed by atoms with E-state index in [2.05, 4.69) is 5.10 Å². The molecule has 0 aliphatic heterocycles. The molecule has 4 N–H and O–H groups in total. The van der Waals surface area contributed by atoms with Crippen LogP contribution in [0, 0.1) is 0 Å². The third-order valence-corrected chi connectivity index (χ3v) is 3.91. The van der Waals surface area contributed by atoms with Crippen LogP contribution in [0.2, 0.25) is 0 Å². The van der Waals surface area contributed by atoms with Gasteiger partial charge in [-0.05, 0) is 25.0 Å². The van der Waals surface area contributed by atoms with E-state index in [1.54, 1.807) is 16.8 Å². The van der Waals surface area contributed by atoms with Gasteiger partial charge in [0.15, 0.2) is 5.78 Å². The van der Waals surface area contributed by atoms with E-state index in [4.69, 9.17) is 11.5 Å². The van der Waals surface area contributed by atoms with Crippen molar-refractivity contribution in [2.75, 3.05) is 5.73 Å². The van der Waals surface area contributed by atoms with Crippen molar-refractivity contribution in [2.45, 2.75) is 32.2 Å². The van der Waals surface area contributed by atoms with Crippen LogP contribution in [0.5, 0.6) is 0 Å². The van der Waals surface area contributed by atoms with E-state index in [0.29, 0.717) is 29.9 Å². The minimum absolute atomic E-state index is 0.110. The third-order valence-electron chi connectivity index (χ3n) is 3.91. The molecule has 1 aliphatic carbocycles. The van der Waals surface area contributed by atoms with E-state index in [1.807, 2.05) is 12.1 Å². The monoisotopic (exact) mass is 298 g/mol. The van der Waals surface area contributed by atoms with Crippen LogP contribution in [0.25, 0.3) is 11.3 Å². The average Bonchev–Trinajstić information content (AvgIpc) is 2.86. The Labute approximate surface area is 128 Å². The molecule has 6 nitrogen and oxygen atoms in total. The molecule has 0 atom stereocenters. The zero-order valence-corrected chi connectivity index (χ0v) is 12.2. The quantitative estimate of drug-likeness (QED) is 0.835. The van der Waals surface area contributed by atoms with Crippen molar-refractivity contribution in [3.63, 3.8) is 0 Å². The van der Waals surface area contributed by atoms with E-state index in [-0.39, 0.29) is 18.1 Å². The van der Waals surface area contributed by atoms with Gasteiger partial charge in [0.05, 0.1) is 12.1 Å². The van der Waals surface area contributed by atoms with Gasteiger partial charge in [0.2, 0.25) is 5.91 Å². The number of nitrogens with zero attached hydrogens (tertiary/aromatic N) is 2. The summed E-state index contributed by atoms with van der Waals surface area (Å²) in [5.74, 6) is -0.265. The van der Waals surface area contributed by atoms with E-state index < -0.39 is 0 Å². The van der Waals surface area contributed by atoms with Crippen LogP contribution < -0.4 is 11.5 Å². The summed E-state index contributed by atoms with van der Waals surface area (Å²) in [6.07, 6.45) is 2.36. The second-order valence-corrected chi connectivity index (χ2v) is 5.51. The van der Waals surface area contributed by atoms with Crippen molar-refractivity contribution in [3.8, 4) is 11.3 Å². The number of fused-ring (bicyclic) bond motifs is 1. The van der Waals surface area contributed by atoms with Gasteiger partial charge in [-0.25, -0.2) is 0 Å². The maximum absolute atomic E-state index is 12.3. The predicted molar refractivity (Wildman–Crippen MR) is 83.2 cm³/mol. The molecule has 1 aromatic carbocycles. The second kappa shape index (κ2) is 5.63. The normalized spacial score (nSPS) is 13.9. The van der Waals surface area contributed by atoms with Crippen LogP contribution in [-0.4, -0.2) is 21.5 Å². The Morgan fingerprint density at radius 2 is 1.95 bits per heavy atom. The van der Waals surface area contributed by atoms with Crippen molar-refractivity contribution >= 4 is 17.4 Å². The lowest BCUT2D eigenvalue weighted by molar-refractivity contribution is -0.118.